The van der Waals surface area contributed by atoms with Gasteiger partial charge in [-0.05, 0) is 41.8 Å². The number of nitrogens with zero attached hydrogens (tertiary/aromatic N) is 7. The zero-order valence-corrected chi connectivity index (χ0v) is 13.4. The van der Waals surface area contributed by atoms with Crippen LogP contribution in [0, 0.1) is 0 Å². The molecule has 9 heteroatoms. The highest BCUT2D eigenvalue weighted by molar-refractivity contribution is 5.76. The van der Waals surface area contributed by atoms with Gasteiger partial charge in [-0.15, -0.1) is 5.10 Å². The van der Waals surface area contributed by atoms with Crippen molar-refractivity contribution in [3.05, 3.63) is 48.3 Å². The van der Waals surface area contributed by atoms with Gasteiger partial charge in [0.05, 0.1) is 6.04 Å². The van der Waals surface area contributed by atoms with Gasteiger partial charge >= 0.3 is 0 Å². The molecular formula is C16H16N8O. The SMILES string of the molecule is O=C(Cn1cnnn1)NC1CCCc2nc(-c3cccnc3)ncc21. The highest BCUT2D eigenvalue weighted by Crippen LogP contribution is 2.29. The molecule has 1 unspecified atom stereocenters. The Morgan fingerprint density at radius 3 is 3.12 bits per heavy atom. The van der Waals surface area contributed by atoms with Crippen molar-refractivity contribution < 1.29 is 4.79 Å². The Morgan fingerprint density at radius 1 is 1.36 bits per heavy atom. The van der Waals surface area contributed by atoms with E-state index in [0.29, 0.717) is 5.82 Å². The van der Waals surface area contributed by atoms with Crippen LogP contribution in [-0.2, 0) is 17.8 Å². The molecule has 1 aliphatic carbocycles. The van der Waals surface area contributed by atoms with E-state index in [1.54, 1.807) is 12.4 Å². The normalized spacial score (nSPS) is 16.2. The maximum Gasteiger partial charge on any atom is 0.242 e. The highest BCUT2D eigenvalue weighted by Gasteiger charge is 2.24. The van der Waals surface area contributed by atoms with Gasteiger partial charge < -0.3 is 5.32 Å². The second kappa shape index (κ2) is 6.71. The molecule has 0 aliphatic heterocycles. The first-order chi connectivity index (χ1) is 12.3. The zero-order chi connectivity index (χ0) is 17.1. The lowest BCUT2D eigenvalue weighted by Crippen LogP contribution is -2.34. The van der Waals surface area contributed by atoms with E-state index >= 15 is 0 Å². The summed E-state index contributed by atoms with van der Waals surface area (Å²) < 4.78 is 1.39. The van der Waals surface area contributed by atoms with Gasteiger partial charge in [0.2, 0.25) is 5.91 Å². The van der Waals surface area contributed by atoms with Crippen molar-refractivity contribution >= 4 is 5.91 Å². The number of amides is 1. The number of rotatable bonds is 4. The third kappa shape index (κ3) is 3.35. The van der Waals surface area contributed by atoms with Gasteiger partial charge in [-0.2, -0.15) is 0 Å². The smallest absolute Gasteiger partial charge is 0.242 e. The van der Waals surface area contributed by atoms with Gasteiger partial charge in [0, 0.05) is 35.4 Å². The van der Waals surface area contributed by atoms with Crippen molar-refractivity contribution in [3.63, 3.8) is 0 Å². The average Bonchev–Trinajstić information content (AvgIpc) is 3.15. The zero-order valence-electron chi connectivity index (χ0n) is 13.4. The minimum absolute atomic E-state index is 0.0873. The average molecular weight is 336 g/mol. The monoisotopic (exact) mass is 336 g/mol. The third-order valence-corrected chi connectivity index (χ3v) is 4.13. The summed E-state index contributed by atoms with van der Waals surface area (Å²) in [5, 5.41) is 13.8. The number of tetrazole rings is 1. The van der Waals surface area contributed by atoms with Gasteiger partial charge in [-0.1, -0.05) is 0 Å². The summed E-state index contributed by atoms with van der Waals surface area (Å²) in [6.45, 7) is 0.0907. The van der Waals surface area contributed by atoms with E-state index in [9.17, 15) is 4.79 Å². The fraction of sp³-hybridized carbons (Fsp3) is 0.312. The van der Waals surface area contributed by atoms with Crippen molar-refractivity contribution in [3.8, 4) is 11.4 Å². The van der Waals surface area contributed by atoms with Crippen molar-refractivity contribution in [2.24, 2.45) is 0 Å². The molecule has 25 heavy (non-hydrogen) atoms. The van der Waals surface area contributed by atoms with Gasteiger partial charge in [-0.25, -0.2) is 14.6 Å². The molecule has 1 atom stereocenters. The van der Waals surface area contributed by atoms with Crippen LogP contribution in [0.15, 0.2) is 37.1 Å². The number of aromatic nitrogens is 7. The van der Waals surface area contributed by atoms with Crippen LogP contribution >= 0.6 is 0 Å². The molecule has 9 nitrogen and oxygen atoms in total. The Hall–Kier alpha value is -3.23. The van der Waals surface area contributed by atoms with Gasteiger partial charge in [0.1, 0.15) is 12.9 Å². The molecule has 0 radical (unpaired) electrons. The van der Waals surface area contributed by atoms with Crippen LogP contribution in [0.5, 0.6) is 0 Å². The summed E-state index contributed by atoms with van der Waals surface area (Å²) in [4.78, 5) is 25.4. The van der Waals surface area contributed by atoms with E-state index in [4.69, 9.17) is 0 Å². The lowest BCUT2D eigenvalue weighted by atomic mass is 9.92. The van der Waals surface area contributed by atoms with Gasteiger partial charge in [0.25, 0.3) is 0 Å². The highest BCUT2D eigenvalue weighted by atomic mass is 16.2. The molecule has 4 rings (SSSR count). The summed E-state index contributed by atoms with van der Waals surface area (Å²) in [5.74, 6) is 0.522. The predicted octanol–water partition coefficient (Wildman–Crippen LogP) is 0.719. The topological polar surface area (TPSA) is 111 Å². The van der Waals surface area contributed by atoms with Gasteiger partial charge in [0.15, 0.2) is 5.82 Å². The molecule has 1 amide bonds. The molecule has 0 fully saturated rings. The molecule has 126 valence electrons. The minimum atomic E-state index is -0.138. The Bertz CT molecular complexity index is 865. The van der Waals surface area contributed by atoms with Crippen LogP contribution in [0.4, 0.5) is 0 Å². The molecular weight excluding hydrogens is 320 g/mol. The Kier molecular flexibility index (Phi) is 4.11. The molecule has 0 aromatic carbocycles. The van der Waals surface area contributed by atoms with E-state index in [-0.39, 0.29) is 18.5 Å². The predicted molar refractivity (Wildman–Crippen MR) is 86.9 cm³/mol. The first-order valence-electron chi connectivity index (χ1n) is 8.06. The van der Waals surface area contributed by atoms with Crippen molar-refractivity contribution in [1.82, 2.24) is 40.5 Å². The Balaban J connectivity index is 1.53. The number of carbonyl (C=O) groups is 1. The second-order valence-electron chi connectivity index (χ2n) is 5.86. The van der Waals surface area contributed by atoms with Crippen molar-refractivity contribution in [1.29, 1.82) is 0 Å². The lowest BCUT2D eigenvalue weighted by molar-refractivity contribution is -0.122. The largest absolute Gasteiger partial charge is 0.348 e. The number of fused-ring (bicyclic) bond motifs is 1. The molecule has 3 heterocycles. The Morgan fingerprint density at radius 2 is 2.32 bits per heavy atom. The van der Waals surface area contributed by atoms with Crippen LogP contribution in [0.2, 0.25) is 0 Å². The molecule has 3 aromatic rings. The molecule has 1 aliphatic rings. The number of carbonyl (C=O) groups excluding carboxylic acids is 1. The quantitative estimate of drug-likeness (QED) is 0.747. The van der Waals surface area contributed by atoms with E-state index in [1.165, 1.54) is 11.0 Å². The summed E-state index contributed by atoms with van der Waals surface area (Å²) in [7, 11) is 0. The minimum Gasteiger partial charge on any atom is -0.348 e. The number of hydrogen-bond donors (Lipinski definition) is 1. The summed E-state index contributed by atoms with van der Waals surface area (Å²) >= 11 is 0. The molecule has 0 spiro atoms. The lowest BCUT2D eigenvalue weighted by Gasteiger charge is -2.25. The maximum absolute atomic E-state index is 12.2. The number of hydrogen-bond acceptors (Lipinski definition) is 7. The third-order valence-electron chi connectivity index (χ3n) is 4.13. The van der Waals surface area contributed by atoms with E-state index in [2.05, 4.69) is 35.8 Å². The van der Waals surface area contributed by atoms with Crippen molar-refractivity contribution in [2.75, 3.05) is 0 Å². The van der Waals surface area contributed by atoms with Crippen LogP contribution in [0.3, 0.4) is 0 Å². The Labute approximate surface area is 143 Å². The van der Waals surface area contributed by atoms with Gasteiger partial charge in [-0.3, -0.25) is 9.78 Å². The molecule has 3 aromatic heterocycles. The molecule has 0 bridgehead atoms. The summed E-state index contributed by atoms with van der Waals surface area (Å²) in [6.07, 6.45) is 9.40. The van der Waals surface area contributed by atoms with Crippen LogP contribution in [-0.4, -0.2) is 41.1 Å². The molecule has 0 saturated heterocycles. The first-order valence-corrected chi connectivity index (χ1v) is 8.06. The fourth-order valence-corrected chi connectivity index (χ4v) is 2.97. The van der Waals surface area contributed by atoms with Crippen molar-refractivity contribution in [2.45, 2.75) is 31.8 Å². The molecule has 0 saturated carbocycles. The number of aryl methyl sites for hydroxylation is 1. The fourth-order valence-electron chi connectivity index (χ4n) is 2.97. The standard InChI is InChI=1S/C16H16N8O/c25-15(9-24-10-19-22-23-24)20-13-4-1-5-14-12(13)8-18-16(21-14)11-3-2-6-17-7-11/h2-3,6-8,10,13H,1,4-5,9H2,(H,20,25). The molecule has 1 N–H and O–H groups in total. The first kappa shape index (κ1) is 15.3. The van der Waals surface area contributed by atoms with E-state index < -0.39 is 0 Å². The van der Waals surface area contributed by atoms with Crippen LogP contribution in [0.25, 0.3) is 11.4 Å². The van der Waals surface area contributed by atoms with E-state index in [0.717, 1.165) is 36.1 Å². The summed E-state index contributed by atoms with van der Waals surface area (Å²) in [5.41, 5.74) is 2.84. The number of nitrogens with one attached hydrogen (secondary N) is 1. The van der Waals surface area contributed by atoms with Crippen LogP contribution in [0.1, 0.15) is 30.1 Å². The number of pyridine rings is 1. The maximum atomic E-state index is 12.2. The van der Waals surface area contributed by atoms with Crippen LogP contribution < -0.4 is 5.32 Å². The summed E-state index contributed by atoms with van der Waals surface area (Å²) in [6, 6.07) is 3.71. The second-order valence-corrected chi connectivity index (χ2v) is 5.86. The van der Waals surface area contributed by atoms with E-state index in [1.807, 2.05) is 18.3 Å².